The first kappa shape index (κ1) is 24.7. The van der Waals surface area contributed by atoms with Gasteiger partial charge >= 0.3 is 0 Å². The summed E-state index contributed by atoms with van der Waals surface area (Å²) in [6, 6.07) is 5.63. The third-order valence-corrected chi connectivity index (χ3v) is 8.18. The SMILES string of the molecule is COC[C@@H]1CCCN1S(=O)(=O)c1ccc(/C(=N\O[C@@H]2CCOC2)C(=O)Nc2ncc(F)s2)cc1. The number of methoxy groups -OCH3 is 1. The summed E-state index contributed by atoms with van der Waals surface area (Å²) in [4.78, 5) is 22.2. The molecule has 2 atom stereocenters. The summed E-state index contributed by atoms with van der Waals surface area (Å²) in [7, 11) is -2.18. The van der Waals surface area contributed by atoms with E-state index < -0.39 is 21.1 Å². The van der Waals surface area contributed by atoms with E-state index in [0.29, 0.717) is 49.7 Å². The van der Waals surface area contributed by atoms with Crippen LogP contribution in [-0.2, 0) is 29.1 Å². The van der Waals surface area contributed by atoms with Crippen LogP contribution in [0.3, 0.4) is 0 Å². The molecule has 4 rings (SSSR count). The number of carbonyl (C=O) groups excluding carboxylic acids is 1. The molecule has 0 aliphatic carbocycles. The van der Waals surface area contributed by atoms with Crippen LogP contribution in [0, 0.1) is 5.13 Å². The molecule has 0 radical (unpaired) electrons. The van der Waals surface area contributed by atoms with Gasteiger partial charge in [-0.15, -0.1) is 0 Å². The highest BCUT2D eigenvalue weighted by Crippen LogP contribution is 2.27. The normalized spacial score (nSPS) is 21.6. The van der Waals surface area contributed by atoms with Crippen molar-refractivity contribution in [1.82, 2.24) is 9.29 Å². The highest BCUT2D eigenvalue weighted by molar-refractivity contribution is 7.89. The quantitative estimate of drug-likeness (QED) is 0.404. The van der Waals surface area contributed by atoms with E-state index in [4.69, 9.17) is 14.3 Å². The molecule has 0 unspecified atom stereocenters. The van der Waals surface area contributed by atoms with Crippen molar-refractivity contribution in [2.24, 2.45) is 5.16 Å². The van der Waals surface area contributed by atoms with Gasteiger partial charge in [0, 0.05) is 31.7 Å². The molecule has 2 fully saturated rings. The van der Waals surface area contributed by atoms with Crippen molar-refractivity contribution < 1.29 is 31.9 Å². The molecule has 1 aromatic carbocycles. The van der Waals surface area contributed by atoms with Gasteiger partial charge in [0.2, 0.25) is 10.0 Å². The lowest BCUT2D eigenvalue weighted by atomic mass is 10.1. The standard InChI is InChI=1S/C21H25FN4O6S2/c1-30-12-15-3-2-9-26(15)34(28,29)17-6-4-14(5-7-17)19(25-32-16-8-10-31-13-16)20(27)24-21-23-11-18(22)33-21/h4-7,11,15-16H,2-3,8-10,12-13H2,1H3,(H,23,24,27)/b25-19+/t15-,16+/m0/s1. The number of thiazole rings is 1. The number of nitrogens with one attached hydrogen (secondary N) is 1. The van der Waals surface area contributed by atoms with Gasteiger partial charge in [-0.2, -0.15) is 8.70 Å². The summed E-state index contributed by atoms with van der Waals surface area (Å²) in [6.45, 7) is 1.64. The van der Waals surface area contributed by atoms with Gasteiger partial charge in [0.15, 0.2) is 22.1 Å². The molecule has 0 saturated carbocycles. The molecule has 1 amide bonds. The summed E-state index contributed by atoms with van der Waals surface area (Å²) in [6.07, 6.45) is 2.83. The van der Waals surface area contributed by atoms with Gasteiger partial charge in [-0.3, -0.25) is 10.1 Å². The summed E-state index contributed by atoms with van der Waals surface area (Å²) in [5.74, 6) is -0.663. The average molecular weight is 513 g/mol. The molecule has 184 valence electrons. The van der Waals surface area contributed by atoms with Crippen molar-refractivity contribution in [3.05, 3.63) is 41.2 Å². The molecule has 2 aliphatic heterocycles. The summed E-state index contributed by atoms with van der Waals surface area (Å²) >= 11 is 0.675. The van der Waals surface area contributed by atoms with Crippen molar-refractivity contribution in [1.29, 1.82) is 0 Å². The van der Waals surface area contributed by atoms with Gasteiger partial charge < -0.3 is 14.3 Å². The lowest BCUT2D eigenvalue weighted by Gasteiger charge is -2.23. The van der Waals surface area contributed by atoms with Gasteiger partial charge in [-0.1, -0.05) is 28.6 Å². The van der Waals surface area contributed by atoms with E-state index in [0.717, 1.165) is 19.0 Å². The third-order valence-electron chi connectivity index (χ3n) is 5.51. The van der Waals surface area contributed by atoms with Crippen LogP contribution >= 0.6 is 11.3 Å². The maximum Gasteiger partial charge on any atom is 0.280 e. The van der Waals surface area contributed by atoms with E-state index in [2.05, 4.69) is 15.5 Å². The van der Waals surface area contributed by atoms with Crippen molar-refractivity contribution in [3.63, 3.8) is 0 Å². The molecule has 13 heteroatoms. The second kappa shape index (κ2) is 10.9. The van der Waals surface area contributed by atoms with Gasteiger partial charge in [-0.05, 0) is 25.0 Å². The van der Waals surface area contributed by atoms with Crippen LogP contribution in [0.2, 0.25) is 0 Å². The zero-order valence-corrected chi connectivity index (χ0v) is 20.1. The molecule has 0 spiro atoms. The smallest absolute Gasteiger partial charge is 0.280 e. The van der Waals surface area contributed by atoms with Crippen LogP contribution in [0.5, 0.6) is 0 Å². The van der Waals surface area contributed by atoms with Gasteiger partial charge in [0.25, 0.3) is 5.91 Å². The monoisotopic (exact) mass is 512 g/mol. The Morgan fingerprint density at radius 2 is 2.15 bits per heavy atom. The van der Waals surface area contributed by atoms with E-state index >= 15 is 0 Å². The van der Waals surface area contributed by atoms with E-state index in [9.17, 15) is 17.6 Å². The van der Waals surface area contributed by atoms with Gasteiger partial charge in [-0.25, -0.2) is 13.4 Å². The molecule has 0 bridgehead atoms. The largest absolute Gasteiger partial charge is 0.389 e. The number of aromatic nitrogens is 1. The Morgan fingerprint density at radius 3 is 2.79 bits per heavy atom. The second-order valence-electron chi connectivity index (χ2n) is 7.85. The number of hydrogen-bond acceptors (Lipinski definition) is 9. The highest BCUT2D eigenvalue weighted by atomic mass is 32.2. The fourth-order valence-corrected chi connectivity index (χ4v) is 6.04. The van der Waals surface area contributed by atoms with Gasteiger partial charge in [0.1, 0.15) is 0 Å². The Bertz CT molecular complexity index is 1130. The third kappa shape index (κ3) is 5.61. The minimum atomic E-state index is -3.73. The number of sulfonamides is 1. The highest BCUT2D eigenvalue weighted by Gasteiger charge is 2.35. The van der Waals surface area contributed by atoms with E-state index in [1.807, 2.05) is 0 Å². The number of rotatable bonds is 9. The molecule has 10 nitrogen and oxygen atoms in total. The predicted octanol–water partition coefficient (Wildman–Crippen LogP) is 2.23. The predicted molar refractivity (Wildman–Crippen MR) is 123 cm³/mol. The van der Waals surface area contributed by atoms with Crippen molar-refractivity contribution >= 4 is 38.1 Å². The van der Waals surface area contributed by atoms with E-state index in [1.54, 1.807) is 7.11 Å². The van der Waals surface area contributed by atoms with Crippen LogP contribution in [0.15, 0.2) is 40.5 Å². The van der Waals surface area contributed by atoms with Crippen LogP contribution < -0.4 is 5.32 Å². The molecule has 2 aromatic rings. The van der Waals surface area contributed by atoms with Crippen LogP contribution in [-0.4, -0.2) is 74.9 Å². The Hall–Kier alpha value is -2.45. The molecular weight excluding hydrogens is 487 g/mol. The zero-order valence-electron chi connectivity index (χ0n) is 18.5. The van der Waals surface area contributed by atoms with E-state index in [-0.39, 0.29) is 27.9 Å². The fraction of sp³-hybridized carbons (Fsp3) is 0.476. The number of ether oxygens (including phenoxy) is 2. The molecule has 1 N–H and O–H groups in total. The zero-order chi connectivity index (χ0) is 24.1. The molecule has 3 heterocycles. The second-order valence-corrected chi connectivity index (χ2v) is 10.7. The van der Waals surface area contributed by atoms with Crippen molar-refractivity contribution in [2.45, 2.75) is 36.3 Å². The summed E-state index contributed by atoms with van der Waals surface area (Å²) in [5, 5.41) is 6.03. The number of benzene rings is 1. The van der Waals surface area contributed by atoms with Crippen LogP contribution in [0.25, 0.3) is 0 Å². The number of amides is 1. The Kier molecular flexibility index (Phi) is 7.88. The maximum atomic E-state index is 13.3. The van der Waals surface area contributed by atoms with Crippen LogP contribution in [0.4, 0.5) is 9.52 Å². The molecule has 34 heavy (non-hydrogen) atoms. The Morgan fingerprint density at radius 1 is 1.35 bits per heavy atom. The van der Waals surface area contributed by atoms with Crippen LogP contribution in [0.1, 0.15) is 24.8 Å². The maximum absolute atomic E-state index is 13.3. The first-order chi connectivity index (χ1) is 16.4. The topological polar surface area (TPSA) is 119 Å². The minimum absolute atomic E-state index is 0.0665. The Balaban J connectivity index is 1.57. The average Bonchev–Trinajstić information content (AvgIpc) is 3.58. The lowest BCUT2D eigenvalue weighted by Crippen LogP contribution is -2.38. The minimum Gasteiger partial charge on any atom is -0.389 e. The van der Waals surface area contributed by atoms with Crippen molar-refractivity contribution in [2.75, 3.05) is 38.8 Å². The Labute approximate surface area is 200 Å². The van der Waals surface area contributed by atoms with E-state index in [1.165, 1.54) is 28.6 Å². The lowest BCUT2D eigenvalue weighted by molar-refractivity contribution is -0.110. The number of halogens is 1. The molecular formula is C21H25FN4O6S2. The first-order valence-electron chi connectivity index (χ1n) is 10.7. The number of oxime groups is 1. The number of hydrogen-bond donors (Lipinski definition) is 1. The van der Waals surface area contributed by atoms with Gasteiger partial charge in [0.05, 0.1) is 30.9 Å². The first-order valence-corrected chi connectivity index (χ1v) is 13.0. The summed E-state index contributed by atoms with van der Waals surface area (Å²) < 4.78 is 51.5. The number of anilines is 1. The number of nitrogens with zero attached hydrogens (tertiary/aromatic N) is 3. The fourth-order valence-electron chi connectivity index (χ4n) is 3.82. The van der Waals surface area contributed by atoms with Crippen molar-refractivity contribution in [3.8, 4) is 0 Å². The molecule has 1 aromatic heterocycles. The molecule has 2 saturated heterocycles. The number of carbonyl (C=O) groups is 1. The summed E-state index contributed by atoms with van der Waals surface area (Å²) in [5.41, 5.74) is 0.243. The molecule has 2 aliphatic rings.